The summed E-state index contributed by atoms with van der Waals surface area (Å²) in [5.74, 6) is -9.04. The van der Waals surface area contributed by atoms with Gasteiger partial charge in [0.25, 0.3) is 0 Å². The van der Waals surface area contributed by atoms with Crippen LogP contribution < -0.4 is 82.7 Å². The van der Waals surface area contributed by atoms with Gasteiger partial charge in [0.05, 0.1) is 30.9 Å². The van der Waals surface area contributed by atoms with Crippen LogP contribution in [-0.2, 0) is 70.3 Å². The SMILES string of the molecule is COCCOCC(=O)N[C@@H](CCCCNC(=O)CC[C@@H]1NC(=O)[C@@H](CCCN=C(N)N)NC(=O)[C@H](CCCN=C(N)N)CC(=O)[C@@H](CCCCC(=N)N)NC(=O)[C@H](CCCN=C(C)N)NC(=O)[C@H](Cc2ccc3ccccc3c2)NC(=O)[C@@H](Cc2ccccc2)NC1=O)C(N)=O. The van der Waals surface area contributed by atoms with Crippen molar-refractivity contribution in [3.63, 3.8) is 0 Å². The predicted octanol–water partition coefficient (Wildman–Crippen LogP) is -1.42. The molecule has 0 spiro atoms. The normalized spacial score (nSPS) is 19.8. The third-order valence-electron chi connectivity index (χ3n) is 15.6. The highest BCUT2D eigenvalue weighted by Gasteiger charge is 2.36. The molecule has 0 unspecified atom stereocenters. The van der Waals surface area contributed by atoms with Gasteiger partial charge < -0.3 is 92.1 Å². The molecule has 0 aliphatic carbocycles. The van der Waals surface area contributed by atoms with Crippen LogP contribution in [0.4, 0.5) is 0 Å². The molecule has 31 nitrogen and oxygen atoms in total. The maximum atomic E-state index is 15.2. The summed E-state index contributed by atoms with van der Waals surface area (Å²) < 4.78 is 10.1. The molecule has 3 aromatic carbocycles. The molecule has 0 aromatic heterocycles. The van der Waals surface area contributed by atoms with E-state index in [1.807, 2.05) is 36.4 Å². The lowest BCUT2D eigenvalue weighted by atomic mass is 9.90. The number of aliphatic imine (C=N–C) groups is 3. The molecule has 1 aliphatic heterocycles. The van der Waals surface area contributed by atoms with Crippen molar-refractivity contribution < 1.29 is 57.4 Å². The van der Waals surface area contributed by atoms with Crippen LogP contribution in [-0.4, -0.2) is 178 Å². The average molecular weight is 1340 g/mol. The molecule has 9 amide bonds. The molecule has 0 radical (unpaired) electrons. The van der Waals surface area contributed by atoms with E-state index in [1.165, 1.54) is 7.11 Å². The van der Waals surface area contributed by atoms with Gasteiger partial charge in [0.2, 0.25) is 53.2 Å². The summed E-state index contributed by atoms with van der Waals surface area (Å²) in [4.78, 5) is 156. The van der Waals surface area contributed by atoms with Crippen LogP contribution in [0.2, 0.25) is 0 Å². The molecular formula is C65H99N19O12. The molecule has 1 heterocycles. The number of rotatable bonds is 36. The molecule has 4 rings (SSSR count). The number of primary amides is 1. The number of amides is 9. The fourth-order valence-corrected chi connectivity index (χ4v) is 10.5. The van der Waals surface area contributed by atoms with Crippen molar-refractivity contribution in [1.82, 2.24) is 42.5 Å². The first-order valence-electron chi connectivity index (χ1n) is 32.4. The second-order valence-corrected chi connectivity index (χ2v) is 23.6. The monoisotopic (exact) mass is 1340 g/mol. The van der Waals surface area contributed by atoms with Crippen molar-refractivity contribution >= 4 is 93.3 Å². The van der Waals surface area contributed by atoms with Crippen molar-refractivity contribution in [1.29, 1.82) is 5.41 Å². The standard InChI is InChI=1S/C65H99N19O12/c1-40(66)74-30-13-22-49-59(90)79-46(20-8-9-24-54(67)68)53(85)38-45(19-12-31-76-64(70)71)58(89)80-48(23-14-32-77-65(72)73)60(91)82-50(27-28-55(86)75-29-11-10-21-47(57(69)88)78-56(87)39-96-34-33-95-2)61(92)83-51(36-41-15-4-3-5-16-41)63(94)84-52(62(93)81-49)37-42-25-26-43-17-6-7-18-44(43)35-42/h3-7,15-18,25-26,35,45-52H,8-14,19-24,27-34,36-39H2,1-2H3,(H2,66,74)(H3,67,68)(H2,69,88)(H,75,86)(H,78,87)(H,79,90)(H,80,89)(H,81,93)(H,82,91)(H,83,92)(H,84,94)(H4,70,71,76)(H4,72,73,77)/t45-,46-,47+,48-,49+,50+,51-,52+/m1/s1. The van der Waals surface area contributed by atoms with Crippen molar-refractivity contribution in [3.8, 4) is 0 Å². The number of ketones is 1. The third kappa shape index (κ3) is 31.0. The quantitative estimate of drug-likeness (QED) is 0.0181. The number of carbonyl (C=O) groups excluding carboxylic acids is 10. The van der Waals surface area contributed by atoms with Gasteiger partial charge in [-0.25, -0.2) is 0 Å². The van der Waals surface area contributed by atoms with E-state index in [0.29, 0.717) is 30.4 Å². The fourth-order valence-electron chi connectivity index (χ4n) is 10.5. The Morgan fingerprint density at radius 2 is 1.06 bits per heavy atom. The molecule has 526 valence electrons. The summed E-state index contributed by atoms with van der Waals surface area (Å²) in [7, 11) is 1.48. The molecule has 1 saturated heterocycles. The summed E-state index contributed by atoms with van der Waals surface area (Å²) in [5, 5.41) is 31.7. The Bertz CT molecular complexity index is 3160. The molecule has 1 aliphatic rings. The van der Waals surface area contributed by atoms with Crippen LogP contribution in [0.15, 0.2) is 87.8 Å². The zero-order valence-electron chi connectivity index (χ0n) is 55.0. The van der Waals surface area contributed by atoms with E-state index in [0.717, 1.165) is 10.8 Å². The van der Waals surface area contributed by atoms with Crippen LogP contribution in [0.3, 0.4) is 0 Å². The van der Waals surface area contributed by atoms with E-state index in [9.17, 15) is 33.6 Å². The van der Waals surface area contributed by atoms with Gasteiger partial charge in [-0.1, -0.05) is 79.2 Å². The Morgan fingerprint density at radius 3 is 1.65 bits per heavy atom. The van der Waals surface area contributed by atoms with Crippen LogP contribution in [0.5, 0.6) is 0 Å². The zero-order chi connectivity index (χ0) is 70.4. The lowest BCUT2D eigenvalue weighted by molar-refractivity contribution is -0.136. The van der Waals surface area contributed by atoms with E-state index in [4.69, 9.17) is 55.0 Å². The highest BCUT2D eigenvalue weighted by atomic mass is 16.5. The zero-order valence-corrected chi connectivity index (χ0v) is 55.0. The number of hydrogen-bond acceptors (Lipinski definition) is 16. The molecule has 31 heteroatoms. The van der Waals surface area contributed by atoms with Gasteiger partial charge in [0.15, 0.2) is 17.7 Å². The third-order valence-corrected chi connectivity index (χ3v) is 15.6. The molecule has 96 heavy (non-hydrogen) atoms. The number of carbonyl (C=O) groups is 10. The Labute approximate surface area is 559 Å². The molecule has 0 saturated carbocycles. The lowest BCUT2D eigenvalue weighted by Crippen LogP contribution is -2.60. The number of amidine groups is 2. The van der Waals surface area contributed by atoms with E-state index < -0.39 is 114 Å². The van der Waals surface area contributed by atoms with Gasteiger partial charge in [-0.15, -0.1) is 0 Å². The smallest absolute Gasteiger partial charge is 0.246 e. The van der Waals surface area contributed by atoms with Crippen LogP contribution in [0, 0.1) is 11.3 Å². The number of benzene rings is 3. The highest BCUT2D eigenvalue weighted by Crippen LogP contribution is 2.21. The topological polar surface area (TPSA) is 528 Å². The maximum absolute atomic E-state index is 15.2. The maximum Gasteiger partial charge on any atom is 0.246 e. The van der Waals surface area contributed by atoms with Crippen molar-refractivity contribution in [2.45, 2.75) is 165 Å². The van der Waals surface area contributed by atoms with Gasteiger partial charge in [-0.05, 0) is 106 Å². The first kappa shape index (κ1) is 78.7. The first-order valence-corrected chi connectivity index (χ1v) is 32.4. The summed E-state index contributed by atoms with van der Waals surface area (Å²) in [6, 6.07) is 12.0. The number of nitrogens with two attached hydrogens (primary N) is 7. The number of guanidine groups is 2. The number of nitrogens with one attached hydrogen (secondary N) is 9. The second kappa shape index (κ2) is 43.3. The largest absolute Gasteiger partial charge is 0.388 e. The van der Waals surface area contributed by atoms with Gasteiger partial charge in [0.1, 0.15) is 42.9 Å². The van der Waals surface area contributed by atoms with Crippen molar-refractivity contribution in [3.05, 3.63) is 83.9 Å². The Hall–Kier alpha value is -9.78. The van der Waals surface area contributed by atoms with Crippen LogP contribution >= 0.6 is 0 Å². The second-order valence-electron chi connectivity index (χ2n) is 23.6. The predicted molar refractivity (Wildman–Crippen MR) is 364 cm³/mol. The first-order chi connectivity index (χ1) is 45.9. The van der Waals surface area contributed by atoms with Crippen LogP contribution in [0.1, 0.15) is 121 Å². The number of ether oxygens (including phenoxy) is 2. The van der Waals surface area contributed by atoms with E-state index in [-0.39, 0.29) is 159 Å². The average Bonchev–Trinajstić information content (AvgIpc) is 0.917. The molecule has 1 fully saturated rings. The Morgan fingerprint density at radius 1 is 0.542 bits per heavy atom. The van der Waals surface area contributed by atoms with E-state index in [2.05, 4.69) is 57.5 Å². The Balaban J connectivity index is 1.86. The fraction of sp³-hybridized carbons (Fsp3) is 0.538. The van der Waals surface area contributed by atoms with E-state index in [1.54, 1.807) is 43.3 Å². The number of hydrogen-bond donors (Lipinski definition) is 16. The lowest BCUT2D eigenvalue weighted by Gasteiger charge is -2.28. The number of fused-ring (bicyclic) bond motifs is 1. The summed E-state index contributed by atoms with van der Waals surface area (Å²) >= 11 is 0. The number of Topliss-reactive ketones (excluding diaryl/α,β-unsaturated/α-hetero) is 1. The van der Waals surface area contributed by atoms with Gasteiger partial charge in [0, 0.05) is 71.3 Å². The summed E-state index contributed by atoms with van der Waals surface area (Å²) in [6.07, 6.45) is 0.391. The summed E-state index contributed by atoms with van der Waals surface area (Å²) in [6.45, 7) is 1.97. The molecular weight excluding hydrogens is 1240 g/mol. The van der Waals surface area contributed by atoms with Crippen LogP contribution in [0.25, 0.3) is 10.8 Å². The number of nitrogens with zero attached hydrogens (tertiary/aromatic N) is 3. The molecule has 3 aromatic rings. The molecule has 0 bridgehead atoms. The minimum atomic E-state index is -1.60. The number of methoxy groups -OCH3 is 1. The number of unbranched alkanes of at least 4 members (excludes halogenated alkanes) is 2. The molecule has 8 atom stereocenters. The minimum Gasteiger partial charge on any atom is -0.388 e. The van der Waals surface area contributed by atoms with E-state index >= 15 is 14.4 Å². The summed E-state index contributed by atoms with van der Waals surface area (Å²) in [5.41, 5.74) is 40.9. The molecule has 23 N–H and O–H groups in total. The van der Waals surface area contributed by atoms with Gasteiger partial charge in [-0.2, -0.15) is 0 Å². The van der Waals surface area contributed by atoms with Crippen molar-refractivity contribution in [2.75, 3.05) is 53.1 Å². The van der Waals surface area contributed by atoms with Gasteiger partial charge >= 0.3 is 0 Å². The highest BCUT2D eigenvalue weighted by molar-refractivity contribution is 5.99. The van der Waals surface area contributed by atoms with Crippen molar-refractivity contribution in [2.24, 2.45) is 61.0 Å². The minimum absolute atomic E-state index is 0.00400. The Kier molecular flexibility index (Phi) is 35.4. The van der Waals surface area contributed by atoms with Gasteiger partial charge in [-0.3, -0.25) is 68.3 Å².